The molecule has 0 N–H and O–H groups in total. The predicted octanol–water partition coefficient (Wildman–Crippen LogP) is 4.67. The second-order valence-electron chi connectivity index (χ2n) is 9.52. The highest BCUT2D eigenvalue weighted by molar-refractivity contribution is 6.30. The molecule has 35 heavy (non-hydrogen) atoms. The van der Waals surface area contributed by atoms with E-state index in [9.17, 15) is 9.59 Å². The molecule has 1 saturated heterocycles. The van der Waals surface area contributed by atoms with E-state index in [2.05, 4.69) is 15.1 Å². The van der Waals surface area contributed by atoms with Crippen LogP contribution in [0.1, 0.15) is 43.2 Å². The largest absolute Gasteiger partial charge is 0.442 e. The lowest BCUT2D eigenvalue weighted by molar-refractivity contribution is 0.0604. The van der Waals surface area contributed by atoms with Gasteiger partial charge in [-0.1, -0.05) is 11.6 Å². The van der Waals surface area contributed by atoms with Crippen LogP contribution in [-0.2, 0) is 11.3 Å². The first-order chi connectivity index (χ1) is 16.7. The van der Waals surface area contributed by atoms with Crippen LogP contribution >= 0.6 is 11.6 Å². The number of amides is 2. The number of fused-ring (bicyclic) bond motifs is 1. The van der Waals surface area contributed by atoms with E-state index in [1.54, 1.807) is 27.9 Å². The van der Waals surface area contributed by atoms with E-state index in [0.29, 0.717) is 42.5 Å². The van der Waals surface area contributed by atoms with Crippen LogP contribution in [0.4, 0.5) is 16.3 Å². The van der Waals surface area contributed by atoms with Crippen molar-refractivity contribution in [3.63, 3.8) is 0 Å². The van der Waals surface area contributed by atoms with Crippen molar-refractivity contribution in [3.05, 3.63) is 65.1 Å². The number of aliphatic imine (C=N–C) groups is 1. The van der Waals surface area contributed by atoms with Crippen molar-refractivity contribution in [2.45, 2.75) is 39.3 Å². The van der Waals surface area contributed by atoms with Gasteiger partial charge in [0.1, 0.15) is 11.4 Å². The number of nitrogens with zero attached hydrogens (tertiary/aromatic N) is 6. The lowest BCUT2D eigenvalue weighted by Gasteiger charge is -2.19. The minimum atomic E-state index is -0.571. The number of ether oxygens (including phenoxy) is 1. The smallest absolute Gasteiger partial charge is 0.434 e. The lowest BCUT2D eigenvalue weighted by Crippen LogP contribution is -2.25. The van der Waals surface area contributed by atoms with E-state index in [1.165, 1.54) is 0 Å². The summed E-state index contributed by atoms with van der Waals surface area (Å²) in [7, 11) is 0. The summed E-state index contributed by atoms with van der Waals surface area (Å²) in [5, 5.41) is 5.13. The molecule has 2 amide bonds. The van der Waals surface area contributed by atoms with Crippen LogP contribution in [0, 0.1) is 0 Å². The highest BCUT2D eigenvalue weighted by atomic mass is 35.5. The van der Waals surface area contributed by atoms with Gasteiger partial charge in [-0.3, -0.25) is 4.79 Å². The number of pyridine rings is 1. The minimum absolute atomic E-state index is 0.157. The van der Waals surface area contributed by atoms with Crippen molar-refractivity contribution in [2.24, 2.45) is 4.99 Å². The molecule has 10 heteroatoms. The molecule has 0 atom stereocenters. The number of halogens is 1. The van der Waals surface area contributed by atoms with Crippen LogP contribution in [0.5, 0.6) is 0 Å². The van der Waals surface area contributed by atoms with E-state index in [0.717, 1.165) is 22.8 Å². The summed E-state index contributed by atoms with van der Waals surface area (Å²) in [4.78, 5) is 37.4. The predicted molar refractivity (Wildman–Crippen MR) is 134 cm³/mol. The molecular weight excluding hydrogens is 468 g/mol. The molecule has 0 bridgehead atoms. The zero-order chi connectivity index (χ0) is 24.7. The second kappa shape index (κ2) is 8.81. The van der Waals surface area contributed by atoms with Gasteiger partial charge in [-0.15, -0.1) is 0 Å². The molecule has 1 aromatic carbocycles. The molecule has 2 aliphatic heterocycles. The Labute approximate surface area is 208 Å². The number of anilines is 2. The first-order valence-electron chi connectivity index (χ1n) is 11.3. The zero-order valence-electron chi connectivity index (χ0n) is 19.7. The van der Waals surface area contributed by atoms with Crippen molar-refractivity contribution in [1.29, 1.82) is 0 Å². The third-order valence-corrected chi connectivity index (χ3v) is 5.96. The van der Waals surface area contributed by atoms with Crippen molar-refractivity contribution in [2.75, 3.05) is 22.9 Å². The third kappa shape index (κ3) is 4.90. The fraction of sp³-hybridized carbons (Fsp3) is 0.320. The van der Waals surface area contributed by atoms with Crippen molar-refractivity contribution in [3.8, 4) is 5.69 Å². The highest BCUT2D eigenvalue weighted by Crippen LogP contribution is 2.29. The number of carbonyl (C=O) groups excluding carboxylic acids is 2. The maximum atomic E-state index is 13.0. The summed E-state index contributed by atoms with van der Waals surface area (Å²) in [6.07, 6.45) is 3.66. The summed E-state index contributed by atoms with van der Waals surface area (Å²) in [6.45, 7) is 7.09. The van der Waals surface area contributed by atoms with Crippen LogP contribution in [0.2, 0.25) is 5.02 Å². The molecule has 0 unspecified atom stereocenters. The second-order valence-corrected chi connectivity index (χ2v) is 9.96. The number of hydrogen-bond acceptors (Lipinski definition) is 6. The molecule has 2 aromatic heterocycles. The SMILES string of the molecule is CC(C)(C)OC(=O)/N=C1\CCN(c2ccc(N3Cc4cn(-c5ccc(Cl)cc5)nc4C3=O)cn2)C1. The number of hydrogen-bond donors (Lipinski definition) is 0. The van der Waals surface area contributed by atoms with Gasteiger partial charge < -0.3 is 14.5 Å². The maximum absolute atomic E-state index is 13.0. The van der Waals surface area contributed by atoms with Gasteiger partial charge in [-0.25, -0.2) is 14.5 Å². The average Bonchev–Trinajstić information content (AvgIpc) is 3.50. The van der Waals surface area contributed by atoms with Crippen LogP contribution in [-0.4, -0.2) is 51.2 Å². The molecule has 3 aromatic rings. The van der Waals surface area contributed by atoms with E-state index in [-0.39, 0.29) is 5.91 Å². The molecule has 5 rings (SSSR count). The molecule has 180 valence electrons. The van der Waals surface area contributed by atoms with E-state index in [4.69, 9.17) is 16.3 Å². The molecular formula is C25H25ClN6O3. The number of rotatable bonds is 3. The number of carbonyl (C=O) groups is 2. The topological polar surface area (TPSA) is 92.9 Å². The Morgan fingerprint density at radius 1 is 1.09 bits per heavy atom. The van der Waals surface area contributed by atoms with Crippen molar-refractivity contribution < 1.29 is 14.3 Å². The molecule has 1 fully saturated rings. The summed E-state index contributed by atoms with van der Waals surface area (Å²) in [6, 6.07) is 11.1. The summed E-state index contributed by atoms with van der Waals surface area (Å²) in [5.74, 6) is 0.607. The lowest BCUT2D eigenvalue weighted by atomic mass is 10.2. The van der Waals surface area contributed by atoms with Crippen LogP contribution in [0.15, 0.2) is 53.8 Å². The Balaban J connectivity index is 1.24. The summed E-state index contributed by atoms with van der Waals surface area (Å²) < 4.78 is 6.97. The van der Waals surface area contributed by atoms with Crippen molar-refractivity contribution >= 4 is 40.8 Å². The molecule has 9 nitrogen and oxygen atoms in total. The van der Waals surface area contributed by atoms with Gasteiger partial charge in [-0.2, -0.15) is 10.1 Å². The Bertz CT molecular complexity index is 1310. The van der Waals surface area contributed by atoms with E-state index < -0.39 is 11.7 Å². The number of aromatic nitrogens is 3. The molecule has 4 heterocycles. The summed E-state index contributed by atoms with van der Waals surface area (Å²) in [5.41, 5.74) is 3.04. The standard InChI is InChI=1S/C25H25ClN6O3/c1-25(2,3)35-24(34)28-18-10-11-30(15-18)21-9-8-20(12-27-21)31-13-16-14-32(29-22(16)23(31)33)19-6-4-17(26)5-7-19/h4-9,12,14H,10-11,13,15H2,1-3H3/b28-18+. The van der Waals surface area contributed by atoms with Crippen LogP contribution in [0.3, 0.4) is 0 Å². The first-order valence-corrected chi connectivity index (χ1v) is 11.7. The van der Waals surface area contributed by atoms with E-state index in [1.807, 2.05) is 56.1 Å². The van der Waals surface area contributed by atoms with Gasteiger partial charge in [-0.05, 0) is 57.2 Å². The van der Waals surface area contributed by atoms with Gasteiger partial charge in [0.05, 0.1) is 30.7 Å². The molecule has 0 spiro atoms. The highest BCUT2D eigenvalue weighted by Gasteiger charge is 2.32. The normalized spacial score (nSPS) is 16.8. The zero-order valence-corrected chi connectivity index (χ0v) is 20.5. The maximum Gasteiger partial charge on any atom is 0.434 e. The Hall–Kier alpha value is -3.72. The monoisotopic (exact) mass is 492 g/mol. The van der Waals surface area contributed by atoms with E-state index >= 15 is 0 Å². The third-order valence-electron chi connectivity index (χ3n) is 5.71. The molecule has 2 aliphatic rings. The fourth-order valence-corrected chi connectivity index (χ4v) is 4.20. The minimum Gasteiger partial charge on any atom is -0.442 e. The van der Waals surface area contributed by atoms with Crippen molar-refractivity contribution in [1.82, 2.24) is 14.8 Å². The Morgan fingerprint density at radius 2 is 1.83 bits per heavy atom. The quantitative estimate of drug-likeness (QED) is 0.527. The van der Waals surface area contributed by atoms with Gasteiger partial charge in [0.2, 0.25) is 0 Å². The van der Waals surface area contributed by atoms with Gasteiger partial charge in [0.25, 0.3) is 5.91 Å². The fourth-order valence-electron chi connectivity index (χ4n) is 4.08. The van der Waals surface area contributed by atoms with Gasteiger partial charge in [0.15, 0.2) is 5.69 Å². The average molecular weight is 493 g/mol. The van der Waals surface area contributed by atoms with Crippen LogP contribution < -0.4 is 9.80 Å². The van der Waals surface area contributed by atoms with Crippen LogP contribution in [0.25, 0.3) is 5.69 Å². The van der Waals surface area contributed by atoms with Gasteiger partial charge in [0, 0.05) is 35.5 Å². The molecule has 0 aliphatic carbocycles. The molecule has 0 saturated carbocycles. The number of benzene rings is 1. The summed E-state index contributed by atoms with van der Waals surface area (Å²) >= 11 is 5.96. The van der Waals surface area contributed by atoms with Gasteiger partial charge >= 0.3 is 6.09 Å². The first kappa shape index (κ1) is 23.0. The molecule has 0 radical (unpaired) electrons. The Kier molecular flexibility index (Phi) is 5.80. The Morgan fingerprint density at radius 3 is 2.49 bits per heavy atom.